The summed E-state index contributed by atoms with van der Waals surface area (Å²) < 4.78 is 11.9. The number of aryl methyl sites for hydroxylation is 1. The molecule has 0 radical (unpaired) electrons. The minimum Gasteiger partial charge on any atom is -0.482 e. The van der Waals surface area contributed by atoms with Gasteiger partial charge in [-0.15, -0.1) is 0 Å². The van der Waals surface area contributed by atoms with Crippen LogP contribution in [0.5, 0.6) is 5.75 Å². The SMILES string of the molecule is CCC1(CC)CC(=O)N([C@H]2c3cc(C(O)N[C@H]4CCc5ccccc54)ccc3O[C@@]2(C)COC)C(=N)N1. The molecule has 0 spiro atoms. The highest BCUT2D eigenvalue weighted by Crippen LogP contribution is 2.49. The quantitative estimate of drug-likeness (QED) is 0.402. The molecule has 1 aliphatic carbocycles. The Bertz CT molecular complexity index is 1180. The van der Waals surface area contributed by atoms with Gasteiger partial charge in [-0.2, -0.15) is 0 Å². The fraction of sp³-hybridized carbons (Fsp3) is 0.517. The van der Waals surface area contributed by atoms with E-state index >= 15 is 0 Å². The van der Waals surface area contributed by atoms with Crippen molar-refractivity contribution in [1.29, 1.82) is 5.41 Å². The average Bonchev–Trinajstić information content (AvgIpc) is 3.41. The number of methoxy groups -OCH3 is 1. The van der Waals surface area contributed by atoms with Crippen molar-refractivity contribution in [2.24, 2.45) is 0 Å². The minimum atomic E-state index is -0.890. The molecule has 4 N–H and O–H groups in total. The molecule has 3 aliphatic rings. The van der Waals surface area contributed by atoms with Crippen molar-refractivity contribution in [2.45, 2.75) is 82.3 Å². The zero-order valence-corrected chi connectivity index (χ0v) is 22.1. The molecule has 1 amide bonds. The first-order valence-corrected chi connectivity index (χ1v) is 13.3. The van der Waals surface area contributed by atoms with Gasteiger partial charge in [0, 0.05) is 24.3 Å². The van der Waals surface area contributed by atoms with Gasteiger partial charge < -0.3 is 19.9 Å². The van der Waals surface area contributed by atoms with Gasteiger partial charge in [0.15, 0.2) is 11.6 Å². The number of aliphatic hydroxyl groups excluding tert-OH is 1. The van der Waals surface area contributed by atoms with Crippen molar-refractivity contribution in [3.8, 4) is 5.75 Å². The number of fused-ring (bicyclic) bond motifs is 2. The van der Waals surface area contributed by atoms with Gasteiger partial charge in [-0.1, -0.05) is 44.2 Å². The van der Waals surface area contributed by atoms with Crippen LogP contribution in [-0.4, -0.2) is 46.7 Å². The topological polar surface area (TPSA) is 107 Å². The molecule has 1 saturated heterocycles. The van der Waals surface area contributed by atoms with E-state index in [-0.39, 0.29) is 24.5 Å². The monoisotopic (exact) mass is 506 g/mol. The maximum absolute atomic E-state index is 13.6. The van der Waals surface area contributed by atoms with Gasteiger partial charge in [0.1, 0.15) is 18.0 Å². The van der Waals surface area contributed by atoms with Gasteiger partial charge in [-0.05, 0) is 61.4 Å². The Hall–Kier alpha value is -2.94. The first-order valence-electron chi connectivity index (χ1n) is 13.3. The summed E-state index contributed by atoms with van der Waals surface area (Å²) in [6, 6.07) is 13.4. The van der Waals surface area contributed by atoms with Crippen molar-refractivity contribution in [3.63, 3.8) is 0 Å². The Morgan fingerprint density at radius 3 is 2.70 bits per heavy atom. The zero-order valence-electron chi connectivity index (χ0n) is 22.1. The Morgan fingerprint density at radius 1 is 1.24 bits per heavy atom. The maximum atomic E-state index is 13.6. The first-order chi connectivity index (χ1) is 17.7. The van der Waals surface area contributed by atoms with Crippen LogP contribution in [0.25, 0.3) is 0 Å². The highest BCUT2D eigenvalue weighted by Gasteiger charge is 2.53. The van der Waals surface area contributed by atoms with Crippen LogP contribution in [0.2, 0.25) is 0 Å². The highest BCUT2D eigenvalue weighted by molar-refractivity contribution is 6.00. The minimum absolute atomic E-state index is 0.0718. The fourth-order valence-electron chi connectivity index (χ4n) is 6.31. The van der Waals surface area contributed by atoms with Crippen LogP contribution in [0.15, 0.2) is 42.5 Å². The molecule has 2 aromatic rings. The smallest absolute Gasteiger partial charge is 0.232 e. The number of guanidine groups is 1. The predicted octanol–water partition coefficient (Wildman–Crippen LogP) is 4.11. The van der Waals surface area contributed by atoms with E-state index in [0.29, 0.717) is 17.7 Å². The predicted molar refractivity (Wildman–Crippen MR) is 141 cm³/mol. The van der Waals surface area contributed by atoms with E-state index in [1.54, 1.807) is 7.11 Å². The standard InChI is InChI=1S/C29H38N4O4/c1-5-29(6-2)16-24(34)33(27(30)32-29)25-21-15-19(12-14-23(21)37-28(25,3)17-36-4)26(35)31-22-13-11-18-9-7-8-10-20(18)22/h7-10,12,14-15,22,25-26,31,35H,5-6,11,13,16-17H2,1-4H3,(H2,30,32)/t22-,25-,26?,28-/m0/s1. The molecule has 1 fully saturated rings. The lowest BCUT2D eigenvalue weighted by molar-refractivity contribution is -0.137. The number of nitrogens with one attached hydrogen (secondary N) is 3. The number of carbonyl (C=O) groups is 1. The average molecular weight is 507 g/mol. The molecule has 2 heterocycles. The van der Waals surface area contributed by atoms with Crippen LogP contribution in [0.1, 0.15) is 87.0 Å². The van der Waals surface area contributed by atoms with E-state index in [1.165, 1.54) is 16.0 Å². The number of benzene rings is 2. The first kappa shape index (κ1) is 25.7. The second-order valence-electron chi connectivity index (χ2n) is 10.8. The lowest BCUT2D eigenvalue weighted by atomic mass is 9.84. The maximum Gasteiger partial charge on any atom is 0.232 e. The summed E-state index contributed by atoms with van der Waals surface area (Å²) in [4.78, 5) is 15.1. The number of hydrogen-bond donors (Lipinski definition) is 4. The van der Waals surface area contributed by atoms with E-state index in [2.05, 4.69) is 28.8 Å². The molecule has 5 rings (SSSR count). The second-order valence-corrected chi connectivity index (χ2v) is 10.8. The molecule has 4 atom stereocenters. The Labute approximate surface area is 218 Å². The lowest BCUT2D eigenvalue weighted by Crippen LogP contribution is -2.65. The van der Waals surface area contributed by atoms with Gasteiger partial charge in [0.25, 0.3) is 0 Å². The second kappa shape index (κ2) is 9.74. The van der Waals surface area contributed by atoms with Crippen LogP contribution >= 0.6 is 0 Å². The molecule has 198 valence electrons. The number of ether oxygens (including phenoxy) is 2. The van der Waals surface area contributed by atoms with Crippen LogP contribution in [0, 0.1) is 5.41 Å². The fourth-order valence-corrected chi connectivity index (χ4v) is 6.31. The summed E-state index contributed by atoms with van der Waals surface area (Å²) in [5.41, 5.74) is 2.70. The third-order valence-electron chi connectivity index (χ3n) is 8.48. The molecule has 8 heteroatoms. The number of aliphatic hydroxyl groups is 1. The van der Waals surface area contributed by atoms with Gasteiger partial charge in [0.05, 0.1) is 13.0 Å². The van der Waals surface area contributed by atoms with E-state index in [0.717, 1.165) is 31.2 Å². The molecule has 37 heavy (non-hydrogen) atoms. The Kier molecular flexibility index (Phi) is 6.77. The molecule has 8 nitrogen and oxygen atoms in total. The van der Waals surface area contributed by atoms with Crippen molar-refractivity contribution in [3.05, 3.63) is 64.7 Å². The molecule has 0 bridgehead atoms. The zero-order chi connectivity index (χ0) is 26.4. The molecule has 2 aromatic carbocycles. The molecule has 1 unspecified atom stereocenters. The van der Waals surface area contributed by atoms with E-state index in [9.17, 15) is 9.90 Å². The number of rotatable bonds is 8. The number of amides is 1. The van der Waals surface area contributed by atoms with Crippen LogP contribution in [0.3, 0.4) is 0 Å². The normalized spacial score (nSPS) is 26.9. The largest absolute Gasteiger partial charge is 0.482 e. The molecular weight excluding hydrogens is 468 g/mol. The van der Waals surface area contributed by atoms with Crippen LogP contribution in [0.4, 0.5) is 0 Å². The summed E-state index contributed by atoms with van der Waals surface area (Å²) >= 11 is 0. The van der Waals surface area contributed by atoms with Crippen molar-refractivity contribution < 1.29 is 19.4 Å². The Morgan fingerprint density at radius 2 is 2.00 bits per heavy atom. The third kappa shape index (κ3) is 4.41. The number of carbonyl (C=O) groups excluding carboxylic acids is 1. The van der Waals surface area contributed by atoms with Gasteiger partial charge in [-0.3, -0.25) is 20.4 Å². The van der Waals surface area contributed by atoms with Gasteiger partial charge in [0.2, 0.25) is 5.91 Å². The van der Waals surface area contributed by atoms with E-state index in [1.807, 2.05) is 45.0 Å². The summed E-state index contributed by atoms with van der Waals surface area (Å²) in [6.07, 6.45) is 2.84. The van der Waals surface area contributed by atoms with Crippen molar-refractivity contribution in [2.75, 3.05) is 13.7 Å². The van der Waals surface area contributed by atoms with Crippen molar-refractivity contribution in [1.82, 2.24) is 15.5 Å². The summed E-state index contributed by atoms with van der Waals surface area (Å²) in [7, 11) is 1.61. The summed E-state index contributed by atoms with van der Waals surface area (Å²) in [6.45, 7) is 6.23. The van der Waals surface area contributed by atoms with E-state index < -0.39 is 23.4 Å². The van der Waals surface area contributed by atoms with Crippen LogP contribution < -0.4 is 15.4 Å². The number of hydrogen-bond acceptors (Lipinski definition) is 6. The summed E-state index contributed by atoms with van der Waals surface area (Å²) in [5.74, 6) is 0.605. The van der Waals surface area contributed by atoms with Crippen molar-refractivity contribution >= 4 is 11.9 Å². The molecule has 2 aliphatic heterocycles. The van der Waals surface area contributed by atoms with E-state index in [4.69, 9.17) is 14.9 Å². The molecule has 0 saturated carbocycles. The van der Waals surface area contributed by atoms with Gasteiger partial charge >= 0.3 is 0 Å². The Balaban J connectivity index is 1.46. The van der Waals surface area contributed by atoms with Crippen LogP contribution in [-0.2, 0) is 16.0 Å². The molecule has 0 aromatic heterocycles. The summed E-state index contributed by atoms with van der Waals surface area (Å²) in [5, 5.41) is 26.7. The highest BCUT2D eigenvalue weighted by atomic mass is 16.5. The third-order valence-corrected chi connectivity index (χ3v) is 8.48. The lowest BCUT2D eigenvalue weighted by Gasteiger charge is -2.46. The number of nitrogens with zero attached hydrogens (tertiary/aromatic N) is 1. The van der Waals surface area contributed by atoms with Gasteiger partial charge in [-0.25, -0.2) is 0 Å². The molecular formula is C29H38N4O4.